The lowest BCUT2D eigenvalue weighted by Crippen LogP contribution is -2.16. The van der Waals surface area contributed by atoms with Gasteiger partial charge in [0, 0.05) is 27.5 Å². The molecule has 14 heteroatoms. The van der Waals surface area contributed by atoms with E-state index in [2.05, 4.69) is 29.0 Å². The zero-order chi connectivity index (χ0) is 38.5. The van der Waals surface area contributed by atoms with Crippen LogP contribution in [0.25, 0.3) is 21.1 Å². The highest BCUT2D eigenvalue weighted by Crippen LogP contribution is 2.30. The average molecular weight is 767 g/mol. The Morgan fingerprint density at radius 3 is 1.74 bits per heavy atom. The summed E-state index contributed by atoms with van der Waals surface area (Å²) in [4.78, 5) is 22.8. The maximum atomic E-state index is 14.1. The molecular formula is C39H38F4N4O4S2. The summed E-state index contributed by atoms with van der Waals surface area (Å²) in [6.45, 7) is 4.55. The first-order chi connectivity index (χ1) is 25.4. The van der Waals surface area contributed by atoms with E-state index in [0.717, 1.165) is 69.0 Å². The number of halogens is 4. The van der Waals surface area contributed by atoms with E-state index in [4.69, 9.17) is 26.4 Å². The summed E-state index contributed by atoms with van der Waals surface area (Å²) in [5.41, 5.74) is 12.8. The van der Waals surface area contributed by atoms with Crippen LogP contribution in [0.2, 0.25) is 0 Å². The lowest BCUT2D eigenvalue weighted by atomic mass is 10.1. The summed E-state index contributed by atoms with van der Waals surface area (Å²) in [7, 11) is 0. The van der Waals surface area contributed by atoms with Gasteiger partial charge in [-0.2, -0.15) is 0 Å². The molecule has 0 bridgehead atoms. The lowest BCUT2D eigenvalue weighted by Gasteiger charge is -2.09. The standard InChI is InChI=1S/C20H18F2N2O2S.C13H15NOS.C6H5F2NO/c1-12-15(24-20(27-12)13-6-3-2-4-7-13)8-5-11-26-16-10-9-14(21)17(18(16)22)19(23)25;1-10-12(8-5-9-15)14-13(16-10)11-6-3-2-4-7-11;7-3-1-2-4(10)5(8)6(3)9/h2-4,6-7,9-10H,5,8,11H2,1H3,(H2,23,25);2-4,6-7,15H,5,8-9H2,1H3;1-2,10H,9H2. The number of aliphatic hydroxyl groups excluding tert-OH is 1. The number of nitrogens with two attached hydrogens (primary N) is 2. The number of rotatable bonds is 11. The highest BCUT2D eigenvalue weighted by Gasteiger charge is 2.19. The number of carbonyl (C=O) groups excluding carboxylic acids is 1. The molecule has 1 amide bonds. The number of aliphatic hydroxyl groups is 1. The van der Waals surface area contributed by atoms with Crippen LogP contribution < -0.4 is 16.2 Å². The molecule has 2 heterocycles. The van der Waals surface area contributed by atoms with Gasteiger partial charge in [0.05, 0.1) is 18.0 Å². The smallest absolute Gasteiger partial charge is 0.254 e. The fourth-order valence-corrected chi connectivity index (χ4v) is 6.76. The van der Waals surface area contributed by atoms with Crippen LogP contribution in [0.5, 0.6) is 11.5 Å². The Bertz CT molecular complexity index is 2090. The normalized spacial score (nSPS) is 10.5. The second-order valence-corrected chi connectivity index (χ2v) is 13.9. The predicted octanol–water partition coefficient (Wildman–Crippen LogP) is 8.80. The summed E-state index contributed by atoms with van der Waals surface area (Å²) in [6.07, 6.45) is 2.92. The molecule has 0 fully saturated rings. The molecule has 0 saturated heterocycles. The van der Waals surface area contributed by atoms with Crippen molar-refractivity contribution in [3.05, 3.63) is 135 Å². The van der Waals surface area contributed by atoms with Gasteiger partial charge in [-0.05, 0) is 63.8 Å². The van der Waals surface area contributed by atoms with Crippen LogP contribution in [-0.4, -0.2) is 39.3 Å². The van der Waals surface area contributed by atoms with Crippen molar-refractivity contribution in [1.82, 2.24) is 9.97 Å². The van der Waals surface area contributed by atoms with Crippen LogP contribution >= 0.6 is 22.7 Å². The van der Waals surface area contributed by atoms with Crippen LogP contribution in [0, 0.1) is 37.1 Å². The number of hydrogen-bond acceptors (Lipinski definition) is 9. The van der Waals surface area contributed by atoms with Crippen LogP contribution in [0.3, 0.4) is 0 Å². The van der Waals surface area contributed by atoms with Crippen molar-refractivity contribution in [2.75, 3.05) is 18.9 Å². The van der Waals surface area contributed by atoms with Crippen molar-refractivity contribution in [2.45, 2.75) is 39.5 Å². The number of aromatic nitrogens is 2. The van der Waals surface area contributed by atoms with Crippen molar-refractivity contribution < 1.29 is 37.3 Å². The van der Waals surface area contributed by atoms with E-state index < -0.39 is 46.2 Å². The molecule has 278 valence electrons. The van der Waals surface area contributed by atoms with Gasteiger partial charge in [-0.1, -0.05) is 60.7 Å². The second kappa shape index (κ2) is 19.5. The third-order valence-corrected chi connectivity index (χ3v) is 9.75. The maximum Gasteiger partial charge on any atom is 0.254 e. The largest absolute Gasteiger partial charge is 0.505 e. The number of nitrogens with zero attached hydrogens (tertiary/aromatic N) is 2. The Hall–Kier alpha value is -5.31. The molecule has 2 aromatic heterocycles. The maximum absolute atomic E-state index is 14.1. The van der Waals surface area contributed by atoms with Crippen LogP contribution in [0.1, 0.15) is 44.3 Å². The van der Waals surface area contributed by atoms with E-state index >= 15 is 0 Å². The first-order valence-corrected chi connectivity index (χ1v) is 18.0. The summed E-state index contributed by atoms with van der Waals surface area (Å²) >= 11 is 3.35. The molecular weight excluding hydrogens is 729 g/mol. The van der Waals surface area contributed by atoms with Crippen LogP contribution in [-0.2, 0) is 12.8 Å². The number of carbonyl (C=O) groups is 1. The number of nitrogen functional groups attached to an aromatic ring is 1. The average Bonchev–Trinajstić information content (AvgIpc) is 3.73. The van der Waals surface area contributed by atoms with Gasteiger partial charge in [-0.3, -0.25) is 4.79 Å². The fourth-order valence-electron chi connectivity index (χ4n) is 4.83. The van der Waals surface area contributed by atoms with Crippen molar-refractivity contribution >= 4 is 34.3 Å². The monoisotopic (exact) mass is 766 g/mol. The molecule has 53 heavy (non-hydrogen) atoms. The number of amides is 1. The van der Waals surface area contributed by atoms with Crippen LogP contribution in [0.15, 0.2) is 84.9 Å². The number of phenolic OH excluding ortho intramolecular Hbond substituents is 1. The third-order valence-electron chi connectivity index (χ3n) is 7.62. The molecule has 0 saturated carbocycles. The minimum absolute atomic E-state index is 0.190. The number of hydrogen-bond donors (Lipinski definition) is 4. The molecule has 0 atom stereocenters. The molecule has 0 aliphatic carbocycles. The van der Waals surface area contributed by atoms with Gasteiger partial charge in [0.1, 0.15) is 32.9 Å². The SMILES string of the molecule is Cc1sc(-c2ccccc2)nc1CCCO.Cc1sc(-c2ccccc2)nc1CCCOc1ccc(F)c(C(N)=O)c1F.Nc1c(F)ccc(O)c1F. The number of aryl methyl sites for hydroxylation is 4. The van der Waals surface area contributed by atoms with Gasteiger partial charge in [0.2, 0.25) is 0 Å². The Labute approximate surface area is 312 Å². The lowest BCUT2D eigenvalue weighted by molar-refractivity contribution is 0.0991. The molecule has 0 unspecified atom stereocenters. The van der Waals surface area contributed by atoms with E-state index in [1.165, 1.54) is 10.4 Å². The minimum Gasteiger partial charge on any atom is -0.505 e. The molecule has 6 rings (SSSR count). The number of benzene rings is 4. The second-order valence-electron chi connectivity index (χ2n) is 11.4. The highest BCUT2D eigenvalue weighted by molar-refractivity contribution is 7.15. The highest BCUT2D eigenvalue weighted by atomic mass is 32.1. The molecule has 0 radical (unpaired) electrons. The van der Waals surface area contributed by atoms with E-state index in [1.807, 2.05) is 55.5 Å². The van der Waals surface area contributed by atoms with E-state index in [0.29, 0.717) is 12.8 Å². The van der Waals surface area contributed by atoms with Crippen molar-refractivity contribution in [1.29, 1.82) is 0 Å². The number of anilines is 1. The summed E-state index contributed by atoms with van der Waals surface area (Å²) in [5, 5.41) is 19.5. The van der Waals surface area contributed by atoms with Gasteiger partial charge in [-0.15, -0.1) is 22.7 Å². The Kier molecular flexibility index (Phi) is 14.9. The molecule has 6 N–H and O–H groups in total. The van der Waals surface area contributed by atoms with Gasteiger partial charge in [0.25, 0.3) is 5.91 Å². The first-order valence-electron chi connectivity index (χ1n) is 16.4. The predicted molar refractivity (Wildman–Crippen MR) is 201 cm³/mol. The van der Waals surface area contributed by atoms with Gasteiger partial charge < -0.3 is 26.4 Å². The van der Waals surface area contributed by atoms with Crippen molar-refractivity contribution in [3.8, 4) is 32.6 Å². The number of ether oxygens (including phenoxy) is 1. The number of aromatic hydroxyl groups is 1. The quantitative estimate of drug-likeness (QED) is 0.0586. The molecule has 4 aromatic carbocycles. The Morgan fingerprint density at radius 2 is 1.25 bits per heavy atom. The molecule has 0 aliphatic heterocycles. The van der Waals surface area contributed by atoms with Crippen molar-refractivity contribution in [3.63, 3.8) is 0 Å². The zero-order valence-electron chi connectivity index (χ0n) is 28.9. The summed E-state index contributed by atoms with van der Waals surface area (Å²) in [5.74, 6) is -6.04. The summed E-state index contributed by atoms with van der Waals surface area (Å²) < 4.78 is 57.6. The van der Waals surface area contributed by atoms with E-state index in [1.54, 1.807) is 22.7 Å². The third kappa shape index (κ3) is 11.1. The zero-order valence-corrected chi connectivity index (χ0v) is 30.5. The number of thiazole rings is 2. The topological polar surface area (TPSA) is 145 Å². The van der Waals surface area contributed by atoms with Gasteiger partial charge in [-0.25, -0.2) is 27.5 Å². The number of phenols is 1. The minimum atomic E-state index is -1.16. The number of primary amides is 1. The fraction of sp³-hybridized carbons (Fsp3) is 0.205. The molecule has 0 spiro atoms. The van der Waals surface area contributed by atoms with Gasteiger partial charge >= 0.3 is 0 Å². The Morgan fingerprint density at radius 1 is 0.736 bits per heavy atom. The first kappa shape index (κ1) is 40.5. The van der Waals surface area contributed by atoms with Crippen molar-refractivity contribution in [2.24, 2.45) is 5.73 Å². The van der Waals surface area contributed by atoms with Gasteiger partial charge in [0.15, 0.2) is 23.1 Å². The summed E-state index contributed by atoms with van der Waals surface area (Å²) in [6, 6.07) is 24.1. The molecule has 6 aromatic rings. The molecule has 8 nitrogen and oxygen atoms in total. The van der Waals surface area contributed by atoms with E-state index in [-0.39, 0.29) is 19.0 Å². The Balaban J connectivity index is 0.000000202. The van der Waals surface area contributed by atoms with E-state index in [9.17, 15) is 22.4 Å². The molecule has 0 aliphatic rings. The van der Waals surface area contributed by atoms with Crippen LogP contribution in [0.4, 0.5) is 23.2 Å².